The van der Waals surface area contributed by atoms with E-state index in [9.17, 15) is 19.2 Å². The number of thiophene rings is 1. The molecule has 2 saturated heterocycles. The Balaban J connectivity index is 1.05. The fraction of sp³-hybridized carbons (Fsp3) is 0.462. The number of aromatic nitrogens is 5. The second-order valence-corrected chi connectivity index (χ2v) is 21.1. The van der Waals surface area contributed by atoms with Crippen molar-refractivity contribution in [2.75, 3.05) is 41.0 Å². The van der Waals surface area contributed by atoms with Gasteiger partial charge in [0.15, 0.2) is 0 Å². The first kappa shape index (κ1) is 49.3. The Morgan fingerprint density at radius 3 is 1.93 bits per heavy atom. The first-order valence-electron chi connectivity index (χ1n) is 24.2. The summed E-state index contributed by atoms with van der Waals surface area (Å²) in [5.74, 6) is 0.351. The normalized spacial score (nSPS) is 18.6. The number of rotatable bonds is 14. The second kappa shape index (κ2) is 19.8. The zero-order valence-corrected chi connectivity index (χ0v) is 42.4. The van der Waals surface area contributed by atoms with Crippen molar-refractivity contribution in [1.29, 1.82) is 0 Å². The van der Waals surface area contributed by atoms with Gasteiger partial charge in [-0.05, 0) is 80.0 Å². The van der Waals surface area contributed by atoms with Gasteiger partial charge in [-0.1, -0.05) is 47.6 Å². The number of ether oxygens (including phenoxy) is 4. The van der Waals surface area contributed by atoms with Gasteiger partial charge in [-0.3, -0.25) is 14.2 Å². The number of amides is 4. The molecule has 3 aliphatic heterocycles. The molecule has 3 aliphatic rings. The number of benzene rings is 2. The standard InChI is InChI=1S/C52H62FN9O8S/c1-27(2)43(58-50(65)68-8)47(63)60-18-10-12-36(60)45-54-24-33(56-45)29-14-15-35-31(20-29)22-38-42-32(53)21-30(23-39(42)70-49(62(35)38)40-16-17-41(71-40)52(5,6)26-67-7)34-25-55-46(57-34)37-13-11-19-61(37)48(64)44(28(3)4)59-51(66)69-9/h14-17,20-25,27-28,36-37,43-44,49H,10-13,18-19,26H2,1-9H3,(H,54,56)(H,55,57)(H,58,65)(H,59,66)/t36-,37-,43-,44-,49?/m0/s1. The Kier molecular flexibility index (Phi) is 13.7. The zero-order chi connectivity index (χ0) is 50.5. The molecule has 0 aliphatic carbocycles. The molecular formula is C52H62FN9O8S. The average molecular weight is 992 g/mol. The Morgan fingerprint density at radius 1 is 0.803 bits per heavy atom. The van der Waals surface area contributed by atoms with E-state index in [4.69, 9.17) is 28.9 Å². The molecule has 71 heavy (non-hydrogen) atoms. The Bertz CT molecular complexity index is 2970. The molecule has 6 aromatic rings. The Morgan fingerprint density at radius 2 is 1.38 bits per heavy atom. The van der Waals surface area contributed by atoms with E-state index in [1.807, 2.05) is 58.0 Å². The third-order valence-electron chi connectivity index (χ3n) is 14.0. The summed E-state index contributed by atoms with van der Waals surface area (Å²) >= 11 is 1.63. The minimum Gasteiger partial charge on any atom is -0.464 e. The summed E-state index contributed by atoms with van der Waals surface area (Å²) in [7, 11) is 4.24. The number of likely N-dealkylation sites (tertiary alicyclic amines) is 2. The fourth-order valence-corrected chi connectivity index (χ4v) is 11.4. The Hall–Kier alpha value is -6.73. The van der Waals surface area contributed by atoms with Crippen LogP contribution in [0.25, 0.3) is 44.7 Å². The lowest BCUT2D eigenvalue weighted by Gasteiger charge is -2.30. The highest BCUT2D eigenvalue weighted by molar-refractivity contribution is 7.12. The van der Waals surface area contributed by atoms with Crippen molar-refractivity contribution in [3.63, 3.8) is 0 Å². The molecule has 0 saturated carbocycles. The molecule has 0 spiro atoms. The van der Waals surface area contributed by atoms with Gasteiger partial charge in [0.2, 0.25) is 18.0 Å². The van der Waals surface area contributed by atoms with Gasteiger partial charge in [0.1, 0.15) is 35.3 Å². The van der Waals surface area contributed by atoms with Crippen LogP contribution in [0.2, 0.25) is 0 Å². The summed E-state index contributed by atoms with van der Waals surface area (Å²) < 4.78 is 41.2. The van der Waals surface area contributed by atoms with Crippen LogP contribution >= 0.6 is 11.3 Å². The van der Waals surface area contributed by atoms with Gasteiger partial charge >= 0.3 is 12.2 Å². The lowest BCUT2D eigenvalue weighted by Crippen LogP contribution is -2.51. The summed E-state index contributed by atoms with van der Waals surface area (Å²) in [6.45, 7) is 13.3. The van der Waals surface area contributed by atoms with Crippen LogP contribution in [-0.4, -0.2) is 111 Å². The van der Waals surface area contributed by atoms with Crippen LogP contribution in [0.5, 0.6) is 5.75 Å². The number of methoxy groups -OCH3 is 3. The quantitative estimate of drug-likeness (QED) is 0.0816. The van der Waals surface area contributed by atoms with Crippen LogP contribution in [0, 0.1) is 17.7 Å². The lowest BCUT2D eigenvalue weighted by molar-refractivity contribution is -0.136. The van der Waals surface area contributed by atoms with E-state index in [2.05, 4.69) is 51.1 Å². The molecule has 4 amide bonds. The zero-order valence-electron chi connectivity index (χ0n) is 41.6. The van der Waals surface area contributed by atoms with Crippen LogP contribution in [0.1, 0.15) is 107 Å². The third-order valence-corrected chi connectivity index (χ3v) is 15.4. The molecule has 2 fully saturated rings. The number of fused-ring (bicyclic) bond motifs is 5. The number of H-pyrrole nitrogens is 2. The molecule has 17 nitrogen and oxygen atoms in total. The SMILES string of the molecule is COCC(C)(C)c1ccc(C2Oc3cc(-c4cnc([C@@H]5CCCN5C(=O)[C@@H](NC(=O)OC)C(C)C)[nH]4)cc(F)c3-c3cc4cc(-c5cnc([C@@H]6CCCN6C(=O)[C@@H](NC(=O)OC)C(C)C)[nH]5)ccc4n32)s1. The molecule has 4 N–H and O–H groups in total. The van der Waals surface area contributed by atoms with Crippen LogP contribution in [0.4, 0.5) is 14.0 Å². The van der Waals surface area contributed by atoms with Gasteiger partial charge in [-0.15, -0.1) is 11.3 Å². The number of carbonyl (C=O) groups excluding carboxylic acids is 4. The maximum absolute atomic E-state index is 17.0. The molecule has 4 aromatic heterocycles. The highest BCUT2D eigenvalue weighted by Gasteiger charge is 2.40. The van der Waals surface area contributed by atoms with E-state index in [1.165, 1.54) is 20.3 Å². The summed E-state index contributed by atoms with van der Waals surface area (Å²) in [4.78, 5) is 73.9. The first-order chi connectivity index (χ1) is 34.0. The number of carbonyl (C=O) groups is 4. The van der Waals surface area contributed by atoms with E-state index in [1.54, 1.807) is 40.6 Å². The molecule has 376 valence electrons. The number of aromatic amines is 2. The van der Waals surface area contributed by atoms with E-state index >= 15 is 4.39 Å². The number of halogens is 1. The average Bonchev–Trinajstić information content (AvgIpc) is 4.20. The van der Waals surface area contributed by atoms with Crippen LogP contribution in [-0.2, 0) is 29.2 Å². The molecule has 0 bridgehead atoms. The molecule has 19 heteroatoms. The molecule has 0 radical (unpaired) electrons. The summed E-state index contributed by atoms with van der Waals surface area (Å²) in [6, 6.07) is 13.3. The largest absolute Gasteiger partial charge is 0.464 e. The second-order valence-electron chi connectivity index (χ2n) is 20.0. The summed E-state index contributed by atoms with van der Waals surface area (Å²) in [5.41, 5.74) is 4.24. The van der Waals surface area contributed by atoms with Crippen molar-refractivity contribution in [1.82, 2.24) is 44.9 Å². The van der Waals surface area contributed by atoms with Crippen molar-refractivity contribution < 1.29 is 42.5 Å². The smallest absolute Gasteiger partial charge is 0.407 e. The Labute approximate surface area is 415 Å². The van der Waals surface area contributed by atoms with Gasteiger partial charge in [-0.2, -0.15) is 0 Å². The van der Waals surface area contributed by atoms with Crippen molar-refractivity contribution in [3.8, 4) is 39.5 Å². The van der Waals surface area contributed by atoms with Crippen LogP contribution < -0.4 is 15.4 Å². The van der Waals surface area contributed by atoms with E-state index in [0.29, 0.717) is 72.5 Å². The molecule has 2 aromatic carbocycles. The fourth-order valence-electron chi connectivity index (χ4n) is 10.3. The van der Waals surface area contributed by atoms with Gasteiger partial charge in [0, 0.05) is 47.0 Å². The number of imidazole rings is 2. The molecular weight excluding hydrogens is 930 g/mol. The molecule has 9 rings (SSSR count). The number of nitrogens with zero attached hydrogens (tertiary/aromatic N) is 5. The highest BCUT2D eigenvalue weighted by Crippen LogP contribution is 2.49. The number of hydrogen-bond donors (Lipinski definition) is 4. The van der Waals surface area contributed by atoms with Crippen LogP contribution in [0.3, 0.4) is 0 Å². The van der Waals surface area contributed by atoms with Crippen molar-refractivity contribution in [2.24, 2.45) is 11.8 Å². The third kappa shape index (κ3) is 9.36. The topological polar surface area (TPSA) is 198 Å². The molecule has 7 heterocycles. The first-order valence-corrected chi connectivity index (χ1v) is 25.0. The van der Waals surface area contributed by atoms with Gasteiger partial charge in [0.05, 0.1) is 78.3 Å². The van der Waals surface area contributed by atoms with Crippen molar-refractivity contribution in [3.05, 3.63) is 88.1 Å². The van der Waals surface area contributed by atoms with Crippen molar-refractivity contribution in [2.45, 2.75) is 103 Å². The number of alkyl carbamates (subject to hydrolysis) is 2. The number of hydrogen-bond acceptors (Lipinski definition) is 11. The minimum atomic E-state index is -0.780. The predicted molar refractivity (Wildman–Crippen MR) is 266 cm³/mol. The maximum atomic E-state index is 17.0. The highest BCUT2D eigenvalue weighted by atomic mass is 32.1. The predicted octanol–water partition coefficient (Wildman–Crippen LogP) is 9.24. The minimum absolute atomic E-state index is 0.159. The van der Waals surface area contributed by atoms with Gasteiger partial charge < -0.3 is 49.3 Å². The van der Waals surface area contributed by atoms with Crippen LogP contribution in [0.15, 0.2) is 60.9 Å². The van der Waals surface area contributed by atoms with Gasteiger partial charge in [0.25, 0.3) is 0 Å². The molecule has 1 unspecified atom stereocenters. The summed E-state index contributed by atoms with van der Waals surface area (Å²) in [5, 5.41) is 6.25. The van der Waals surface area contributed by atoms with E-state index in [-0.39, 0.29) is 41.1 Å². The lowest BCUT2D eigenvalue weighted by atomic mass is 9.93. The van der Waals surface area contributed by atoms with E-state index in [0.717, 1.165) is 44.8 Å². The van der Waals surface area contributed by atoms with Gasteiger partial charge in [-0.25, -0.2) is 23.9 Å². The number of nitrogens with one attached hydrogen (secondary N) is 4. The maximum Gasteiger partial charge on any atom is 0.407 e. The molecule has 5 atom stereocenters. The van der Waals surface area contributed by atoms with E-state index < -0.39 is 36.3 Å². The van der Waals surface area contributed by atoms with Crippen molar-refractivity contribution >= 4 is 46.2 Å². The monoisotopic (exact) mass is 991 g/mol. The summed E-state index contributed by atoms with van der Waals surface area (Å²) in [6.07, 6.45) is 4.37.